The second kappa shape index (κ2) is 3.91. The normalized spacial score (nSPS) is 9.79. The van der Waals surface area contributed by atoms with Crippen LogP contribution in [-0.2, 0) is 0 Å². The second-order valence-corrected chi connectivity index (χ2v) is 2.95. The van der Waals surface area contributed by atoms with Gasteiger partial charge in [0.05, 0.1) is 5.52 Å². The van der Waals surface area contributed by atoms with Crippen LogP contribution in [-0.4, -0.2) is 10.7 Å². The summed E-state index contributed by atoms with van der Waals surface area (Å²) in [5.41, 5.74) is 1.36. The number of rotatable bonds is 0. The van der Waals surface area contributed by atoms with Crippen molar-refractivity contribution in [3.8, 4) is 0 Å². The van der Waals surface area contributed by atoms with Gasteiger partial charge in [0.25, 0.3) is 0 Å². The van der Waals surface area contributed by atoms with Gasteiger partial charge >= 0.3 is 18.9 Å². The number of aromatic nitrogens is 1. The van der Waals surface area contributed by atoms with Gasteiger partial charge in [-0.2, -0.15) is 0 Å². The first-order valence-corrected chi connectivity index (χ1v) is 3.98. The van der Waals surface area contributed by atoms with Crippen LogP contribution in [0.15, 0.2) is 30.3 Å². The Balaban J connectivity index is 0.000000980. The Labute approximate surface area is 93.5 Å². The van der Waals surface area contributed by atoms with E-state index in [9.17, 15) is 9.90 Å². The Morgan fingerprint density at radius 3 is 2.64 bits per heavy atom. The minimum atomic E-state index is -1.18. The molecule has 0 N–H and O–H groups in total. The predicted octanol–water partition coefficient (Wildman–Crippen LogP) is -1.85. The smallest absolute Gasteiger partial charge is 0.529 e. The number of nitrogens with zero attached hydrogens (tertiary/aromatic N) is 1. The fourth-order valence-electron chi connectivity index (χ4n) is 1.54. The first-order valence-electron chi connectivity index (χ1n) is 3.98. The zero-order valence-corrected chi connectivity index (χ0v) is 8.15. The topological polar surface area (TPSA) is 45.1 Å². The molecule has 0 bridgehead atoms. The van der Waals surface area contributed by atoms with Crippen molar-refractivity contribution in [3.05, 3.63) is 36.0 Å². The van der Waals surface area contributed by atoms with E-state index in [1.54, 1.807) is 19.1 Å². The van der Waals surface area contributed by atoms with E-state index < -0.39 is 6.09 Å². The van der Waals surface area contributed by atoms with Crippen molar-refractivity contribution in [1.82, 2.24) is 4.57 Å². The number of hydrogen-bond acceptors (Lipinski definition) is 2. The Hall–Kier alpha value is -1.17. The van der Waals surface area contributed by atoms with Crippen LogP contribution >= 0.6 is 0 Å². The molecule has 0 aliphatic carbocycles. The molecule has 0 unspecified atom stereocenters. The third-order valence-corrected chi connectivity index (χ3v) is 2.08. The molecule has 1 aromatic carbocycles. The van der Waals surface area contributed by atoms with E-state index in [1.807, 2.05) is 18.2 Å². The van der Waals surface area contributed by atoms with Crippen molar-refractivity contribution >= 4 is 17.0 Å². The molecule has 4 heteroatoms. The molecule has 0 spiro atoms. The molecule has 0 aliphatic heterocycles. The third-order valence-electron chi connectivity index (χ3n) is 2.08. The van der Waals surface area contributed by atoms with Crippen molar-refractivity contribution in [2.45, 2.75) is 6.92 Å². The van der Waals surface area contributed by atoms with Gasteiger partial charge in [-0.05, 0) is 19.1 Å². The fraction of sp³-hybridized carbons (Fsp3) is 0.100. The van der Waals surface area contributed by atoms with Crippen molar-refractivity contribution < 1.29 is 28.8 Å². The van der Waals surface area contributed by atoms with Crippen LogP contribution in [0.3, 0.4) is 0 Å². The van der Waals surface area contributed by atoms with Crippen LogP contribution in [0.2, 0.25) is 0 Å². The number of para-hydroxylation sites is 1. The maximum Gasteiger partial charge on any atom is 1.00 e. The van der Waals surface area contributed by atoms with Gasteiger partial charge in [-0.25, -0.2) is 0 Å². The third kappa shape index (κ3) is 1.57. The summed E-state index contributed by atoms with van der Waals surface area (Å²) in [5.74, 6) is 0. The zero-order chi connectivity index (χ0) is 9.42. The number of aryl methyl sites for hydroxylation is 1. The summed E-state index contributed by atoms with van der Waals surface area (Å²) < 4.78 is 1.18. The average Bonchev–Trinajstić information content (AvgIpc) is 2.39. The Morgan fingerprint density at radius 1 is 1.36 bits per heavy atom. The quantitative estimate of drug-likeness (QED) is 0.448. The van der Waals surface area contributed by atoms with E-state index in [0.717, 1.165) is 5.39 Å². The molecular formula is C10H8LiNO2. The summed E-state index contributed by atoms with van der Waals surface area (Å²) in [5, 5.41) is 11.7. The van der Waals surface area contributed by atoms with E-state index in [4.69, 9.17) is 0 Å². The van der Waals surface area contributed by atoms with Crippen LogP contribution in [0.1, 0.15) is 5.69 Å². The summed E-state index contributed by atoms with van der Waals surface area (Å²) in [6, 6.07) is 9.15. The van der Waals surface area contributed by atoms with Gasteiger partial charge in [-0.3, -0.25) is 0 Å². The average molecular weight is 181 g/mol. The number of hydrogen-bond donors (Lipinski definition) is 0. The monoisotopic (exact) mass is 181 g/mol. The molecule has 66 valence electrons. The van der Waals surface area contributed by atoms with E-state index in [-0.39, 0.29) is 18.9 Å². The van der Waals surface area contributed by atoms with Gasteiger partial charge in [0.15, 0.2) is 0 Å². The zero-order valence-electron chi connectivity index (χ0n) is 8.15. The standard InChI is InChI=1S/C10H9NO2.Li/c1-7-6-8-4-2-3-5-9(8)11(7)10(12)13;/h2-6H,1H3,(H,12,13);/q;+1/p-1. The van der Waals surface area contributed by atoms with Crippen molar-refractivity contribution in [2.75, 3.05) is 0 Å². The van der Waals surface area contributed by atoms with Gasteiger partial charge in [-0.1, -0.05) is 18.2 Å². The SMILES string of the molecule is Cc1cc2ccccc2n1C(=O)[O-].[Li+]. The van der Waals surface area contributed by atoms with Gasteiger partial charge < -0.3 is 14.5 Å². The van der Waals surface area contributed by atoms with Crippen LogP contribution in [0.4, 0.5) is 4.79 Å². The molecule has 3 nitrogen and oxygen atoms in total. The number of carbonyl (C=O) groups is 1. The van der Waals surface area contributed by atoms with Crippen LogP contribution < -0.4 is 24.0 Å². The molecule has 2 aromatic rings. The van der Waals surface area contributed by atoms with Gasteiger partial charge in [-0.15, -0.1) is 0 Å². The van der Waals surface area contributed by atoms with E-state index >= 15 is 0 Å². The number of carbonyl (C=O) groups excluding carboxylic acids is 1. The molecule has 0 radical (unpaired) electrons. The molecule has 0 atom stereocenters. The summed E-state index contributed by atoms with van der Waals surface area (Å²) in [6.07, 6.45) is -1.18. The van der Waals surface area contributed by atoms with Crippen LogP contribution in [0.5, 0.6) is 0 Å². The first-order chi connectivity index (χ1) is 6.20. The number of fused-ring (bicyclic) bond motifs is 1. The molecule has 0 aliphatic rings. The van der Waals surface area contributed by atoms with Crippen LogP contribution in [0.25, 0.3) is 10.9 Å². The van der Waals surface area contributed by atoms with E-state index in [2.05, 4.69) is 0 Å². The molecule has 14 heavy (non-hydrogen) atoms. The first kappa shape index (κ1) is 10.9. The molecule has 1 aromatic heterocycles. The Kier molecular flexibility index (Phi) is 3.05. The van der Waals surface area contributed by atoms with E-state index in [1.165, 1.54) is 4.57 Å². The molecule has 1 heterocycles. The maximum absolute atomic E-state index is 10.7. The molecule has 0 saturated heterocycles. The van der Waals surface area contributed by atoms with Gasteiger partial charge in [0.2, 0.25) is 0 Å². The minimum absolute atomic E-state index is 0. The Morgan fingerprint density at radius 2 is 2.00 bits per heavy atom. The predicted molar refractivity (Wildman–Crippen MR) is 47.5 cm³/mol. The van der Waals surface area contributed by atoms with Gasteiger partial charge in [0.1, 0.15) is 6.09 Å². The van der Waals surface area contributed by atoms with Crippen molar-refractivity contribution in [3.63, 3.8) is 0 Å². The summed E-state index contributed by atoms with van der Waals surface area (Å²) in [7, 11) is 0. The Bertz CT molecular complexity index is 476. The largest absolute Gasteiger partial charge is 1.00 e. The second-order valence-electron chi connectivity index (χ2n) is 2.95. The summed E-state index contributed by atoms with van der Waals surface area (Å²) in [4.78, 5) is 10.7. The summed E-state index contributed by atoms with van der Waals surface area (Å²) in [6.45, 7) is 1.75. The number of carboxylic acid groups (broad SMARTS) is 1. The van der Waals surface area contributed by atoms with E-state index in [0.29, 0.717) is 11.2 Å². The maximum atomic E-state index is 10.7. The van der Waals surface area contributed by atoms with Crippen molar-refractivity contribution in [1.29, 1.82) is 0 Å². The van der Waals surface area contributed by atoms with Crippen molar-refractivity contribution in [2.24, 2.45) is 0 Å². The van der Waals surface area contributed by atoms with Crippen LogP contribution in [0, 0.1) is 6.92 Å². The minimum Gasteiger partial charge on any atom is -0.529 e. The molecule has 2 rings (SSSR count). The molecule has 0 amide bonds. The molecule has 0 fully saturated rings. The molecule has 0 saturated carbocycles. The summed E-state index contributed by atoms with van der Waals surface area (Å²) >= 11 is 0. The molecular weight excluding hydrogens is 173 g/mol. The fourth-order valence-corrected chi connectivity index (χ4v) is 1.54. The van der Waals surface area contributed by atoms with Gasteiger partial charge in [0, 0.05) is 11.1 Å². The number of benzene rings is 1.